The van der Waals surface area contributed by atoms with Gasteiger partial charge in [-0.3, -0.25) is 9.52 Å². The minimum atomic E-state index is -3.89. The number of sulfonamides is 1. The average molecular weight is 432 g/mol. The van der Waals surface area contributed by atoms with Crippen molar-refractivity contribution in [1.82, 2.24) is 5.32 Å². The first-order valence-electron chi connectivity index (χ1n) is 10.1. The SMILES string of the molecule is Cc1ccc(C(=O)NC23CC(C#N)(C2)C3)c(NS(=O)(=O)c2ccc3ccccc3c2)c1. The van der Waals surface area contributed by atoms with E-state index in [9.17, 15) is 18.5 Å². The van der Waals surface area contributed by atoms with Crippen molar-refractivity contribution in [2.45, 2.75) is 36.6 Å². The number of aryl methyl sites for hydroxylation is 1. The maximum atomic E-state index is 13.1. The number of hydrogen-bond acceptors (Lipinski definition) is 4. The van der Waals surface area contributed by atoms with Crippen LogP contribution in [0.4, 0.5) is 5.69 Å². The molecule has 0 saturated heterocycles. The van der Waals surface area contributed by atoms with E-state index in [2.05, 4.69) is 16.1 Å². The summed E-state index contributed by atoms with van der Waals surface area (Å²) in [6.07, 6.45) is 1.98. The van der Waals surface area contributed by atoms with Crippen LogP contribution in [0.3, 0.4) is 0 Å². The Kier molecular flexibility index (Phi) is 4.15. The van der Waals surface area contributed by atoms with Crippen LogP contribution in [0.15, 0.2) is 65.6 Å². The summed E-state index contributed by atoms with van der Waals surface area (Å²) < 4.78 is 28.8. The third-order valence-corrected chi connectivity index (χ3v) is 7.70. The maximum Gasteiger partial charge on any atom is 0.261 e. The Balaban J connectivity index is 1.42. The molecule has 0 heterocycles. The fraction of sp³-hybridized carbons (Fsp3) is 0.250. The van der Waals surface area contributed by atoms with Gasteiger partial charge in [0.15, 0.2) is 0 Å². The monoisotopic (exact) mass is 431 g/mol. The van der Waals surface area contributed by atoms with Crippen molar-refractivity contribution in [3.63, 3.8) is 0 Å². The van der Waals surface area contributed by atoms with Gasteiger partial charge in [-0.25, -0.2) is 8.42 Å². The molecule has 0 atom stereocenters. The molecule has 3 aliphatic carbocycles. The molecule has 3 aliphatic rings. The minimum Gasteiger partial charge on any atom is -0.346 e. The standard InChI is InChI=1S/C24H21N3O3S/c1-16-6-9-20(22(28)26-24-12-23(13-24,14-24)15-25)21(10-16)27-31(29,30)19-8-7-17-4-2-3-5-18(17)11-19/h2-11,27H,12-14H2,1H3,(H,26,28). The predicted octanol–water partition coefficient (Wildman–Crippen LogP) is 4.13. The van der Waals surface area contributed by atoms with Crippen molar-refractivity contribution >= 4 is 32.4 Å². The highest BCUT2D eigenvalue weighted by atomic mass is 32.2. The zero-order valence-electron chi connectivity index (χ0n) is 17.0. The highest BCUT2D eigenvalue weighted by Gasteiger charge is 2.69. The van der Waals surface area contributed by atoms with Crippen LogP contribution in [0, 0.1) is 23.7 Å². The first-order valence-corrected chi connectivity index (χ1v) is 11.6. The van der Waals surface area contributed by atoms with Crippen LogP contribution in [0.2, 0.25) is 0 Å². The van der Waals surface area contributed by atoms with Crippen LogP contribution >= 0.6 is 0 Å². The topological polar surface area (TPSA) is 99.1 Å². The average Bonchev–Trinajstić information content (AvgIpc) is 2.68. The van der Waals surface area contributed by atoms with Crippen molar-refractivity contribution in [1.29, 1.82) is 5.26 Å². The Labute approximate surface area is 180 Å². The van der Waals surface area contributed by atoms with E-state index in [4.69, 9.17) is 0 Å². The lowest BCUT2D eigenvalue weighted by atomic mass is 9.40. The Morgan fingerprint density at radius 1 is 1.00 bits per heavy atom. The molecule has 1 amide bonds. The molecule has 31 heavy (non-hydrogen) atoms. The first kappa shape index (κ1) is 19.6. The number of rotatable bonds is 5. The molecule has 2 bridgehead atoms. The summed E-state index contributed by atoms with van der Waals surface area (Å²) in [5.74, 6) is -0.331. The van der Waals surface area contributed by atoms with Gasteiger partial charge in [-0.15, -0.1) is 0 Å². The predicted molar refractivity (Wildman–Crippen MR) is 118 cm³/mol. The lowest BCUT2D eigenvalue weighted by molar-refractivity contribution is -0.102. The second kappa shape index (κ2) is 6.56. The molecule has 6 nitrogen and oxygen atoms in total. The van der Waals surface area contributed by atoms with E-state index in [-0.39, 0.29) is 33.0 Å². The van der Waals surface area contributed by atoms with Crippen LogP contribution < -0.4 is 10.0 Å². The van der Waals surface area contributed by atoms with Gasteiger partial charge in [0.25, 0.3) is 15.9 Å². The number of benzene rings is 3. The van der Waals surface area contributed by atoms with E-state index in [1.165, 1.54) is 0 Å². The molecule has 6 rings (SSSR count). The number of carbonyl (C=O) groups excluding carboxylic acids is 1. The van der Waals surface area contributed by atoms with E-state index >= 15 is 0 Å². The van der Waals surface area contributed by atoms with Gasteiger partial charge in [0.05, 0.1) is 27.6 Å². The zero-order chi connectivity index (χ0) is 21.9. The number of carbonyl (C=O) groups is 1. The van der Waals surface area contributed by atoms with Gasteiger partial charge in [-0.2, -0.15) is 5.26 Å². The van der Waals surface area contributed by atoms with Gasteiger partial charge in [-0.1, -0.05) is 36.4 Å². The highest BCUT2D eigenvalue weighted by Crippen LogP contribution is 2.66. The molecular formula is C24H21N3O3S. The Hall–Kier alpha value is -3.37. The molecule has 156 valence electrons. The van der Waals surface area contributed by atoms with Gasteiger partial charge < -0.3 is 5.32 Å². The second-order valence-corrected chi connectivity index (χ2v) is 10.5. The van der Waals surface area contributed by atoms with E-state index in [0.29, 0.717) is 19.3 Å². The zero-order valence-corrected chi connectivity index (χ0v) is 17.8. The fourth-order valence-electron chi connectivity index (χ4n) is 4.83. The number of fused-ring (bicyclic) bond motifs is 1. The van der Waals surface area contributed by atoms with Gasteiger partial charge in [0, 0.05) is 5.54 Å². The Morgan fingerprint density at radius 3 is 2.42 bits per heavy atom. The summed E-state index contributed by atoms with van der Waals surface area (Å²) >= 11 is 0. The number of nitriles is 1. The molecule has 3 aromatic carbocycles. The van der Waals surface area contributed by atoms with Crippen LogP contribution in [-0.2, 0) is 10.0 Å². The summed E-state index contributed by atoms with van der Waals surface area (Å²) in [5, 5.41) is 14.0. The van der Waals surface area contributed by atoms with Crippen molar-refractivity contribution in [2.24, 2.45) is 5.41 Å². The van der Waals surface area contributed by atoms with Gasteiger partial charge in [0.2, 0.25) is 0 Å². The molecule has 7 heteroatoms. The van der Waals surface area contributed by atoms with Gasteiger partial charge in [0.1, 0.15) is 0 Å². The van der Waals surface area contributed by atoms with Crippen molar-refractivity contribution in [3.05, 3.63) is 71.8 Å². The van der Waals surface area contributed by atoms with Crippen molar-refractivity contribution < 1.29 is 13.2 Å². The fourth-order valence-corrected chi connectivity index (χ4v) is 5.93. The number of nitrogens with zero attached hydrogens (tertiary/aromatic N) is 1. The molecule has 3 saturated carbocycles. The molecule has 0 aliphatic heterocycles. The minimum absolute atomic E-state index is 0.134. The Morgan fingerprint density at radius 2 is 1.71 bits per heavy atom. The lowest BCUT2D eigenvalue weighted by Crippen LogP contribution is -2.74. The maximum absolute atomic E-state index is 13.1. The quantitative estimate of drug-likeness (QED) is 0.635. The first-order chi connectivity index (χ1) is 14.7. The largest absolute Gasteiger partial charge is 0.346 e. The van der Waals surface area contributed by atoms with Crippen LogP contribution in [-0.4, -0.2) is 19.9 Å². The summed E-state index contributed by atoms with van der Waals surface area (Å²) in [4.78, 5) is 13.1. The molecule has 0 unspecified atom stereocenters. The van der Waals surface area contributed by atoms with Crippen LogP contribution in [0.1, 0.15) is 35.2 Å². The van der Waals surface area contributed by atoms with Crippen LogP contribution in [0.25, 0.3) is 10.8 Å². The number of amides is 1. The summed E-state index contributed by atoms with van der Waals surface area (Å²) in [5.41, 5.74) is 0.743. The van der Waals surface area contributed by atoms with Crippen molar-refractivity contribution in [2.75, 3.05) is 4.72 Å². The number of nitrogens with one attached hydrogen (secondary N) is 2. The molecule has 0 aromatic heterocycles. The summed E-state index contributed by atoms with van der Waals surface area (Å²) in [6.45, 7) is 1.84. The summed E-state index contributed by atoms with van der Waals surface area (Å²) in [7, 11) is -3.89. The number of hydrogen-bond donors (Lipinski definition) is 2. The van der Waals surface area contributed by atoms with E-state index in [0.717, 1.165) is 16.3 Å². The van der Waals surface area contributed by atoms with Gasteiger partial charge >= 0.3 is 0 Å². The Bertz CT molecular complexity index is 1370. The van der Waals surface area contributed by atoms with Crippen LogP contribution in [0.5, 0.6) is 0 Å². The second-order valence-electron chi connectivity index (χ2n) is 8.82. The molecule has 2 N–H and O–H groups in total. The lowest BCUT2D eigenvalue weighted by Gasteiger charge is -2.66. The molecule has 3 fully saturated rings. The summed E-state index contributed by atoms with van der Waals surface area (Å²) in [6, 6.07) is 19.9. The molecule has 3 aromatic rings. The smallest absolute Gasteiger partial charge is 0.261 e. The molecular weight excluding hydrogens is 410 g/mol. The molecule has 0 radical (unpaired) electrons. The normalized spacial score (nSPS) is 23.9. The highest BCUT2D eigenvalue weighted by molar-refractivity contribution is 7.92. The van der Waals surface area contributed by atoms with E-state index < -0.39 is 10.0 Å². The van der Waals surface area contributed by atoms with E-state index in [1.807, 2.05) is 31.2 Å². The third-order valence-electron chi connectivity index (χ3n) is 6.34. The van der Waals surface area contributed by atoms with Crippen molar-refractivity contribution in [3.8, 4) is 6.07 Å². The third kappa shape index (κ3) is 3.24. The number of anilines is 1. The molecule has 0 spiro atoms. The van der Waals surface area contributed by atoms with Gasteiger partial charge in [-0.05, 0) is 66.8 Å². The van der Waals surface area contributed by atoms with E-state index in [1.54, 1.807) is 36.4 Å².